The van der Waals surface area contributed by atoms with E-state index >= 15 is 0 Å². The van der Waals surface area contributed by atoms with Crippen LogP contribution in [0.4, 0.5) is 18.0 Å². The third kappa shape index (κ3) is 5.21. The molecular formula is C23H21F3N2O3S. The van der Waals surface area contributed by atoms with E-state index in [0.717, 1.165) is 28.8 Å². The molecule has 3 rings (SSSR count). The van der Waals surface area contributed by atoms with Gasteiger partial charge in [0, 0.05) is 18.7 Å². The van der Waals surface area contributed by atoms with Crippen LogP contribution in [-0.2, 0) is 17.5 Å². The molecule has 3 amide bonds. The van der Waals surface area contributed by atoms with E-state index < -0.39 is 22.9 Å². The highest BCUT2D eigenvalue weighted by Crippen LogP contribution is 2.34. The van der Waals surface area contributed by atoms with Gasteiger partial charge in [-0.3, -0.25) is 19.3 Å². The number of thioether (sulfide) groups is 1. The van der Waals surface area contributed by atoms with Gasteiger partial charge in [0.1, 0.15) is 0 Å². The smallest absolute Gasteiger partial charge is 0.339 e. The molecule has 0 spiro atoms. The molecule has 0 aromatic heterocycles. The van der Waals surface area contributed by atoms with E-state index in [1.54, 1.807) is 42.3 Å². The second-order valence-electron chi connectivity index (χ2n) is 7.59. The Morgan fingerprint density at radius 3 is 2.19 bits per heavy atom. The predicted octanol–water partition coefficient (Wildman–Crippen LogP) is 5.42. The van der Waals surface area contributed by atoms with Crippen LogP contribution in [0.1, 0.15) is 40.9 Å². The summed E-state index contributed by atoms with van der Waals surface area (Å²) in [6, 6.07) is 11.1. The summed E-state index contributed by atoms with van der Waals surface area (Å²) >= 11 is 0.766. The Labute approximate surface area is 187 Å². The molecule has 168 valence electrons. The molecule has 0 aliphatic carbocycles. The molecule has 1 saturated heterocycles. The van der Waals surface area contributed by atoms with Crippen LogP contribution in [0.25, 0.3) is 6.08 Å². The van der Waals surface area contributed by atoms with E-state index in [1.165, 1.54) is 12.1 Å². The highest BCUT2D eigenvalue weighted by atomic mass is 32.2. The second kappa shape index (κ2) is 9.20. The molecule has 0 unspecified atom stereocenters. The summed E-state index contributed by atoms with van der Waals surface area (Å²) in [5.41, 5.74) is 0.776. The number of carbonyl (C=O) groups is 3. The van der Waals surface area contributed by atoms with Crippen molar-refractivity contribution in [3.8, 4) is 0 Å². The second-order valence-corrected chi connectivity index (χ2v) is 8.59. The summed E-state index contributed by atoms with van der Waals surface area (Å²) in [6.07, 6.45) is -2.90. The first kappa shape index (κ1) is 23.6. The van der Waals surface area contributed by atoms with Gasteiger partial charge in [-0.1, -0.05) is 24.3 Å². The molecule has 1 aliphatic heterocycles. The lowest BCUT2D eigenvalue weighted by molar-refractivity contribution is -0.137. The minimum atomic E-state index is -4.45. The van der Waals surface area contributed by atoms with Gasteiger partial charge in [0.2, 0.25) is 0 Å². The van der Waals surface area contributed by atoms with Gasteiger partial charge >= 0.3 is 6.18 Å². The molecule has 2 aromatic rings. The zero-order chi connectivity index (χ0) is 23.6. The van der Waals surface area contributed by atoms with Crippen molar-refractivity contribution in [1.82, 2.24) is 9.80 Å². The van der Waals surface area contributed by atoms with Crippen molar-refractivity contribution >= 4 is 34.9 Å². The van der Waals surface area contributed by atoms with Gasteiger partial charge in [0.15, 0.2) is 0 Å². The van der Waals surface area contributed by atoms with Crippen molar-refractivity contribution in [2.24, 2.45) is 0 Å². The highest BCUT2D eigenvalue weighted by molar-refractivity contribution is 8.18. The average Bonchev–Trinajstić information content (AvgIpc) is 3.00. The van der Waals surface area contributed by atoms with Crippen LogP contribution in [0.5, 0.6) is 0 Å². The minimum absolute atomic E-state index is 0.0541. The van der Waals surface area contributed by atoms with Gasteiger partial charge in [-0.2, -0.15) is 13.2 Å². The Balaban J connectivity index is 1.72. The van der Waals surface area contributed by atoms with Crippen molar-refractivity contribution < 1.29 is 27.6 Å². The predicted molar refractivity (Wildman–Crippen MR) is 117 cm³/mol. The highest BCUT2D eigenvalue weighted by Gasteiger charge is 2.35. The Bertz CT molecular complexity index is 1060. The van der Waals surface area contributed by atoms with Crippen LogP contribution >= 0.6 is 11.8 Å². The van der Waals surface area contributed by atoms with E-state index in [-0.39, 0.29) is 23.4 Å². The van der Waals surface area contributed by atoms with Gasteiger partial charge in [-0.05, 0) is 67.1 Å². The first-order valence-corrected chi connectivity index (χ1v) is 10.6. The van der Waals surface area contributed by atoms with Crippen molar-refractivity contribution in [3.05, 3.63) is 75.7 Å². The lowest BCUT2D eigenvalue weighted by atomic mass is 10.1. The van der Waals surface area contributed by atoms with Crippen LogP contribution in [0.3, 0.4) is 0 Å². The molecule has 1 aliphatic rings. The number of hydrogen-bond acceptors (Lipinski definition) is 4. The van der Waals surface area contributed by atoms with E-state index in [4.69, 9.17) is 0 Å². The molecule has 1 heterocycles. The quantitative estimate of drug-likeness (QED) is 0.557. The van der Waals surface area contributed by atoms with Crippen LogP contribution in [0.15, 0.2) is 53.4 Å². The summed E-state index contributed by atoms with van der Waals surface area (Å²) in [6.45, 7) is 3.70. The minimum Gasteiger partial charge on any atom is -0.339 e. The monoisotopic (exact) mass is 462 g/mol. The fourth-order valence-electron chi connectivity index (χ4n) is 2.93. The standard InChI is InChI=1S/C23H21F3N2O3S/c1-14(2)27(3)20(29)17-8-4-15(5-9-17)12-19-21(30)28(22(31)32-19)13-16-6-10-18(11-7-16)23(24,25)26/h4-12,14H,13H2,1-3H3/b19-12-. The lowest BCUT2D eigenvalue weighted by Crippen LogP contribution is -2.32. The third-order valence-corrected chi connectivity index (χ3v) is 5.95. The molecule has 0 saturated carbocycles. The summed E-state index contributed by atoms with van der Waals surface area (Å²) in [7, 11) is 1.72. The van der Waals surface area contributed by atoms with Crippen LogP contribution in [-0.4, -0.2) is 39.9 Å². The van der Waals surface area contributed by atoms with E-state index in [1.807, 2.05) is 13.8 Å². The van der Waals surface area contributed by atoms with Gasteiger partial charge in [0.05, 0.1) is 17.0 Å². The number of halogens is 3. The Kier molecular flexibility index (Phi) is 6.78. The number of benzene rings is 2. The Morgan fingerprint density at radius 1 is 1.06 bits per heavy atom. The maximum atomic E-state index is 12.7. The zero-order valence-corrected chi connectivity index (χ0v) is 18.5. The molecule has 9 heteroatoms. The van der Waals surface area contributed by atoms with Gasteiger partial charge in [0.25, 0.3) is 17.1 Å². The normalized spacial score (nSPS) is 15.7. The molecule has 0 radical (unpaired) electrons. The number of alkyl halides is 3. The molecular weight excluding hydrogens is 441 g/mol. The van der Waals surface area contributed by atoms with Crippen molar-refractivity contribution in [2.75, 3.05) is 7.05 Å². The molecule has 5 nitrogen and oxygen atoms in total. The van der Waals surface area contributed by atoms with E-state index in [9.17, 15) is 27.6 Å². The van der Waals surface area contributed by atoms with Gasteiger partial charge < -0.3 is 4.90 Å². The summed E-state index contributed by atoms with van der Waals surface area (Å²) < 4.78 is 38.1. The molecule has 32 heavy (non-hydrogen) atoms. The molecule has 0 N–H and O–H groups in total. The average molecular weight is 462 g/mol. The topological polar surface area (TPSA) is 57.7 Å². The fraction of sp³-hybridized carbons (Fsp3) is 0.261. The Hall–Kier alpha value is -3.07. The van der Waals surface area contributed by atoms with E-state index in [0.29, 0.717) is 16.7 Å². The summed E-state index contributed by atoms with van der Waals surface area (Å²) in [4.78, 5) is 40.1. The summed E-state index contributed by atoms with van der Waals surface area (Å²) in [5, 5.41) is -0.494. The summed E-state index contributed by atoms with van der Waals surface area (Å²) in [5.74, 6) is -0.636. The van der Waals surface area contributed by atoms with Gasteiger partial charge in [-0.25, -0.2) is 0 Å². The number of rotatable bonds is 5. The fourth-order valence-corrected chi connectivity index (χ4v) is 3.77. The van der Waals surface area contributed by atoms with Crippen molar-refractivity contribution in [3.63, 3.8) is 0 Å². The lowest BCUT2D eigenvalue weighted by Gasteiger charge is -2.21. The molecule has 2 aromatic carbocycles. The van der Waals surface area contributed by atoms with Crippen LogP contribution < -0.4 is 0 Å². The molecule has 0 bridgehead atoms. The molecule has 0 atom stereocenters. The SMILES string of the molecule is CC(C)N(C)C(=O)c1ccc(/C=C2\SC(=O)N(Cc3ccc(C(F)(F)F)cc3)C2=O)cc1. The number of carbonyl (C=O) groups excluding carboxylic acids is 3. The number of amides is 3. The molecule has 1 fully saturated rings. The van der Waals surface area contributed by atoms with Crippen LogP contribution in [0, 0.1) is 0 Å². The van der Waals surface area contributed by atoms with E-state index in [2.05, 4.69) is 0 Å². The maximum absolute atomic E-state index is 12.7. The maximum Gasteiger partial charge on any atom is 0.416 e. The largest absolute Gasteiger partial charge is 0.416 e. The van der Waals surface area contributed by atoms with Crippen molar-refractivity contribution in [1.29, 1.82) is 0 Å². The number of hydrogen-bond donors (Lipinski definition) is 0. The van der Waals surface area contributed by atoms with Crippen LogP contribution in [0.2, 0.25) is 0 Å². The van der Waals surface area contributed by atoms with Gasteiger partial charge in [-0.15, -0.1) is 0 Å². The number of imide groups is 1. The first-order valence-electron chi connectivity index (χ1n) is 9.76. The van der Waals surface area contributed by atoms with Crippen molar-refractivity contribution in [2.45, 2.75) is 32.6 Å². The zero-order valence-electron chi connectivity index (χ0n) is 17.6. The third-order valence-electron chi connectivity index (χ3n) is 5.05. The number of nitrogens with zero attached hydrogens (tertiary/aromatic N) is 2. The first-order chi connectivity index (χ1) is 15.0. The Morgan fingerprint density at radius 2 is 1.66 bits per heavy atom.